The zero-order valence-corrected chi connectivity index (χ0v) is 12.1. The lowest BCUT2D eigenvalue weighted by molar-refractivity contribution is -0.00528. The minimum absolute atomic E-state index is 0.717. The Bertz CT molecular complexity index is 641. The van der Waals surface area contributed by atoms with Gasteiger partial charge in [-0.05, 0) is 74.3 Å². The van der Waals surface area contributed by atoms with Crippen LogP contribution in [0.25, 0.3) is 11.0 Å². The van der Waals surface area contributed by atoms with Gasteiger partial charge in [-0.1, -0.05) is 12.1 Å². The number of nitrogens with zero attached hydrogens (tertiary/aromatic N) is 1. The van der Waals surface area contributed by atoms with Crippen LogP contribution >= 0.6 is 0 Å². The molecule has 4 bridgehead atoms. The Morgan fingerprint density at radius 3 is 2.35 bits per heavy atom. The average Bonchev–Trinajstić information content (AvgIpc) is 2.82. The summed E-state index contributed by atoms with van der Waals surface area (Å²) in [5, 5.41) is 0. The molecule has 0 radical (unpaired) electrons. The number of aromatic amines is 1. The van der Waals surface area contributed by atoms with Gasteiger partial charge in [0.2, 0.25) is 0 Å². The third-order valence-electron chi connectivity index (χ3n) is 6.28. The van der Waals surface area contributed by atoms with Crippen LogP contribution in [-0.4, -0.2) is 9.97 Å². The normalized spacial score (nSPS) is 38.8. The first kappa shape index (κ1) is 11.4. The summed E-state index contributed by atoms with van der Waals surface area (Å²) in [6.07, 6.45) is 7.39. The number of H-pyrrole nitrogens is 1. The highest BCUT2D eigenvalue weighted by Crippen LogP contribution is 2.59. The number of imidazole rings is 1. The van der Waals surface area contributed by atoms with E-state index in [-0.39, 0.29) is 0 Å². The van der Waals surface area contributed by atoms with Crippen LogP contribution in [0.1, 0.15) is 49.4 Å². The van der Waals surface area contributed by atoms with Gasteiger partial charge >= 0.3 is 0 Å². The molecule has 0 amide bonds. The Hall–Kier alpha value is -1.31. The smallest absolute Gasteiger partial charge is 0.110 e. The Kier molecular flexibility index (Phi) is 2.20. The van der Waals surface area contributed by atoms with E-state index in [1.54, 1.807) is 0 Å². The number of aromatic nitrogens is 2. The van der Waals surface area contributed by atoms with Gasteiger partial charge in [0.05, 0.1) is 11.0 Å². The zero-order chi connectivity index (χ0) is 13.3. The van der Waals surface area contributed by atoms with Crippen molar-refractivity contribution in [3.63, 3.8) is 0 Å². The number of rotatable bonds is 1. The van der Waals surface area contributed by atoms with Crippen molar-refractivity contribution >= 4 is 11.0 Å². The highest BCUT2D eigenvalue weighted by molar-refractivity contribution is 5.78. The van der Waals surface area contributed by atoms with E-state index in [0.29, 0.717) is 0 Å². The van der Waals surface area contributed by atoms with Gasteiger partial charge in [0.1, 0.15) is 5.82 Å². The van der Waals surface area contributed by atoms with Gasteiger partial charge < -0.3 is 4.98 Å². The fraction of sp³-hybridized carbons (Fsp3) is 0.611. The van der Waals surface area contributed by atoms with Crippen molar-refractivity contribution in [2.45, 2.75) is 44.9 Å². The summed E-state index contributed by atoms with van der Waals surface area (Å²) in [7, 11) is 0. The summed E-state index contributed by atoms with van der Waals surface area (Å²) < 4.78 is 0. The van der Waals surface area contributed by atoms with Gasteiger partial charge in [-0.3, -0.25) is 0 Å². The monoisotopic (exact) mass is 266 g/mol. The molecule has 4 aliphatic carbocycles. The van der Waals surface area contributed by atoms with E-state index >= 15 is 0 Å². The maximum absolute atomic E-state index is 5.00. The molecule has 0 aliphatic heterocycles. The Balaban J connectivity index is 1.59. The minimum atomic E-state index is 0.717. The van der Waals surface area contributed by atoms with Crippen LogP contribution in [0.4, 0.5) is 0 Å². The maximum Gasteiger partial charge on any atom is 0.110 e. The molecule has 1 aromatic heterocycles. The number of para-hydroxylation sites is 1. The highest BCUT2D eigenvalue weighted by Gasteiger charge is 2.49. The molecular formula is C18H22N2. The largest absolute Gasteiger partial charge is 0.342 e. The maximum atomic E-state index is 5.00. The number of hydrogen-bond acceptors (Lipinski definition) is 1. The molecule has 1 aromatic carbocycles. The summed E-state index contributed by atoms with van der Waals surface area (Å²) >= 11 is 0. The second-order valence-electron chi connectivity index (χ2n) is 7.55. The lowest BCUT2D eigenvalue weighted by atomic mass is 9.52. The van der Waals surface area contributed by atoms with E-state index < -0.39 is 0 Å². The summed E-state index contributed by atoms with van der Waals surface area (Å²) in [6, 6.07) is 6.48. The van der Waals surface area contributed by atoms with Crippen LogP contribution in [0, 0.1) is 30.6 Å². The molecule has 2 nitrogen and oxygen atoms in total. The molecule has 4 saturated carbocycles. The lowest BCUT2D eigenvalue weighted by Crippen LogP contribution is -2.44. The van der Waals surface area contributed by atoms with Gasteiger partial charge in [-0.15, -0.1) is 0 Å². The predicted octanol–water partition coefficient (Wildman–Crippen LogP) is 4.41. The molecular weight excluding hydrogens is 244 g/mol. The fourth-order valence-electron chi connectivity index (χ4n) is 5.72. The van der Waals surface area contributed by atoms with E-state index in [9.17, 15) is 0 Å². The van der Waals surface area contributed by atoms with Gasteiger partial charge in [-0.2, -0.15) is 0 Å². The van der Waals surface area contributed by atoms with E-state index in [4.69, 9.17) is 4.98 Å². The first-order valence-corrected chi connectivity index (χ1v) is 8.23. The summed E-state index contributed by atoms with van der Waals surface area (Å²) in [5.41, 5.74) is 3.72. The Labute approximate surface area is 120 Å². The molecule has 20 heavy (non-hydrogen) atoms. The van der Waals surface area contributed by atoms with Gasteiger partial charge in [0, 0.05) is 5.92 Å². The second kappa shape index (κ2) is 3.87. The van der Waals surface area contributed by atoms with Crippen molar-refractivity contribution in [1.29, 1.82) is 0 Å². The number of benzene rings is 1. The van der Waals surface area contributed by atoms with Crippen LogP contribution in [0.3, 0.4) is 0 Å². The quantitative estimate of drug-likeness (QED) is 0.813. The molecule has 1 heterocycles. The first-order chi connectivity index (χ1) is 9.78. The molecule has 2 aromatic rings. The fourth-order valence-corrected chi connectivity index (χ4v) is 5.72. The first-order valence-electron chi connectivity index (χ1n) is 8.23. The van der Waals surface area contributed by atoms with E-state index in [2.05, 4.69) is 30.1 Å². The second-order valence-corrected chi connectivity index (χ2v) is 7.55. The number of aryl methyl sites for hydroxylation is 1. The molecule has 0 atom stereocenters. The molecule has 1 N–H and O–H groups in total. The van der Waals surface area contributed by atoms with E-state index in [1.807, 2.05) is 0 Å². The lowest BCUT2D eigenvalue weighted by Gasteiger charge is -2.53. The molecule has 104 valence electrons. The third kappa shape index (κ3) is 1.48. The SMILES string of the molecule is Cc1cccc2[nH]c(C3C4CC5CC(C4)CC3C5)nc12. The highest BCUT2D eigenvalue weighted by atomic mass is 14.9. The Morgan fingerprint density at radius 2 is 1.70 bits per heavy atom. The van der Waals surface area contributed by atoms with Crippen molar-refractivity contribution in [2.24, 2.45) is 23.7 Å². The average molecular weight is 266 g/mol. The molecule has 4 aliphatic rings. The molecule has 6 rings (SSSR count). The van der Waals surface area contributed by atoms with Crippen molar-refractivity contribution in [3.8, 4) is 0 Å². The Morgan fingerprint density at radius 1 is 1.00 bits per heavy atom. The predicted molar refractivity (Wildman–Crippen MR) is 80.6 cm³/mol. The van der Waals surface area contributed by atoms with E-state index in [1.165, 1.54) is 54.5 Å². The van der Waals surface area contributed by atoms with Crippen LogP contribution in [0.15, 0.2) is 18.2 Å². The van der Waals surface area contributed by atoms with Crippen LogP contribution < -0.4 is 0 Å². The van der Waals surface area contributed by atoms with Crippen molar-refractivity contribution < 1.29 is 0 Å². The van der Waals surface area contributed by atoms with Gasteiger partial charge in [-0.25, -0.2) is 4.98 Å². The van der Waals surface area contributed by atoms with Crippen LogP contribution in [0.2, 0.25) is 0 Å². The zero-order valence-electron chi connectivity index (χ0n) is 12.1. The number of hydrogen-bond donors (Lipinski definition) is 1. The van der Waals surface area contributed by atoms with Gasteiger partial charge in [0.15, 0.2) is 0 Å². The topological polar surface area (TPSA) is 28.7 Å². The molecule has 2 heteroatoms. The summed E-state index contributed by atoms with van der Waals surface area (Å²) in [6.45, 7) is 2.17. The number of nitrogens with one attached hydrogen (secondary N) is 1. The van der Waals surface area contributed by atoms with Gasteiger partial charge in [0.25, 0.3) is 0 Å². The molecule has 0 unspecified atom stereocenters. The van der Waals surface area contributed by atoms with Crippen LogP contribution in [-0.2, 0) is 0 Å². The summed E-state index contributed by atoms with van der Waals surface area (Å²) in [5.74, 6) is 5.91. The van der Waals surface area contributed by atoms with Crippen molar-refractivity contribution in [3.05, 3.63) is 29.6 Å². The number of fused-ring (bicyclic) bond motifs is 1. The van der Waals surface area contributed by atoms with Crippen molar-refractivity contribution in [1.82, 2.24) is 9.97 Å². The molecule has 0 spiro atoms. The van der Waals surface area contributed by atoms with Crippen LogP contribution in [0.5, 0.6) is 0 Å². The molecule has 0 saturated heterocycles. The van der Waals surface area contributed by atoms with E-state index in [0.717, 1.165) is 29.6 Å². The third-order valence-corrected chi connectivity index (χ3v) is 6.28. The minimum Gasteiger partial charge on any atom is -0.342 e. The van der Waals surface area contributed by atoms with Crippen molar-refractivity contribution in [2.75, 3.05) is 0 Å². The standard InChI is InChI=1S/C18H22N2/c1-10-3-2-4-15-17(10)20-18(19-15)16-13-6-11-5-12(8-13)9-14(16)7-11/h2-4,11-14,16H,5-9H2,1H3,(H,19,20). The summed E-state index contributed by atoms with van der Waals surface area (Å²) in [4.78, 5) is 8.66. The molecule has 4 fully saturated rings.